The van der Waals surface area contributed by atoms with Crippen molar-refractivity contribution in [2.75, 3.05) is 6.61 Å². The van der Waals surface area contributed by atoms with E-state index in [1.807, 2.05) is 42.7 Å². The Morgan fingerprint density at radius 1 is 1.41 bits per heavy atom. The van der Waals surface area contributed by atoms with Crippen molar-refractivity contribution in [2.24, 2.45) is 5.73 Å². The smallest absolute Gasteiger partial charge is 0.143 e. The Hall–Kier alpha value is -1.81. The van der Waals surface area contributed by atoms with Crippen molar-refractivity contribution in [1.82, 2.24) is 9.55 Å². The quantitative estimate of drug-likeness (QED) is 0.878. The fourth-order valence-corrected chi connectivity index (χ4v) is 1.78. The molecule has 17 heavy (non-hydrogen) atoms. The zero-order valence-corrected chi connectivity index (χ0v) is 10.1. The molecule has 90 valence electrons. The number of nitrogens with zero attached hydrogens (tertiary/aromatic N) is 2. The summed E-state index contributed by atoms with van der Waals surface area (Å²) in [5, 5.41) is 0. The van der Waals surface area contributed by atoms with Gasteiger partial charge in [0.2, 0.25) is 0 Å². The standard InChI is InChI=1S/C13H17N3O/c1-3-17-13-7-5-4-6-11(13)16-9-15-8-12(16)10(2)14/h4-10H,3,14H2,1-2H3. The normalized spacial score (nSPS) is 12.4. The lowest BCUT2D eigenvalue weighted by atomic mass is 10.2. The van der Waals surface area contributed by atoms with Gasteiger partial charge in [-0.15, -0.1) is 0 Å². The highest BCUT2D eigenvalue weighted by Crippen LogP contribution is 2.25. The van der Waals surface area contributed by atoms with Crippen LogP contribution in [0.15, 0.2) is 36.8 Å². The van der Waals surface area contributed by atoms with Gasteiger partial charge < -0.3 is 10.5 Å². The summed E-state index contributed by atoms with van der Waals surface area (Å²) in [6.45, 7) is 4.55. The highest BCUT2D eigenvalue weighted by atomic mass is 16.5. The van der Waals surface area contributed by atoms with Crippen LogP contribution in [0.5, 0.6) is 5.75 Å². The summed E-state index contributed by atoms with van der Waals surface area (Å²) in [7, 11) is 0. The van der Waals surface area contributed by atoms with Gasteiger partial charge in [0.15, 0.2) is 0 Å². The van der Waals surface area contributed by atoms with Gasteiger partial charge in [-0.3, -0.25) is 4.57 Å². The minimum absolute atomic E-state index is 0.0628. The number of ether oxygens (including phenoxy) is 1. The highest BCUT2D eigenvalue weighted by molar-refractivity contribution is 5.47. The molecule has 1 atom stereocenters. The van der Waals surface area contributed by atoms with E-state index in [0.717, 1.165) is 17.1 Å². The van der Waals surface area contributed by atoms with Crippen molar-refractivity contribution in [2.45, 2.75) is 19.9 Å². The van der Waals surface area contributed by atoms with E-state index in [4.69, 9.17) is 10.5 Å². The van der Waals surface area contributed by atoms with Gasteiger partial charge in [0.1, 0.15) is 5.75 Å². The lowest BCUT2D eigenvalue weighted by molar-refractivity contribution is 0.339. The van der Waals surface area contributed by atoms with Crippen LogP contribution in [0.4, 0.5) is 0 Å². The maximum atomic E-state index is 5.92. The van der Waals surface area contributed by atoms with Crippen molar-refractivity contribution in [3.05, 3.63) is 42.5 Å². The Bertz CT molecular complexity index is 491. The number of imidazole rings is 1. The molecular weight excluding hydrogens is 214 g/mol. The van der Waals surface area contributed by atoms with E-state index < -0.39 is 0 Å². The zero-order valence-electron chi connectivity index (χ0n) is 10.1. The van der Waals surface area contributed by atoms with Gasteiger partial charge in [-0.05, 0) is 26.0 Å². The van der Waals surface area contributed by atoms with E-state index in [9.17, 15) is 0 Å². The summed E-state index contributed by atoms with van der Waals surface area (Å²) in [6, 6.07) is 7.81. The summed E-state index contributed by atoms with van der Waals surface area (Å²) in [6.07, 6.45) is 3.55. The molecule has 0 bridgehead atoms. The lowest BCUT2D eigenvalue weighted by Crippen LogP contribution is -2.11. The third-order valence-electron chi connectivity index (χ3n) is 2.56. The topological polar surface area (TPSA) is 53.1 Å². The molecule has 1 unspecified atom stereocenters. The van der Waals surface area contributed by atoms with Crippen molar-refractivity contribution in [3.63, 3.8) is 0 Å². The van der Waals surface area contributed by atoms with Gasteiger partial charge in [-0.1, -0.05) is 12.1 Å². The molecule has 1 aromatic heterocycles. The molecule has 0 aliphatic heterocycles. The fraction of sp³-hybridized carbons (Fsp3) is 0.308. The van der Waals surface area contributed by atoms with Crippen LogP contribution in [0.25, 0.3) is 5.69 Å². The van der Waals surface area contributed by atoms with Crippen LogP contribution < -0.4 is 10.5 Å². The first-order valence-electron chi connectivity index (χ1n) is 5.74. The Morgan fingerprint density at radius 2 is 2.18 bits per heavy atom. The van der Waals surface area contributed by atoms with Crippen LogP contribution in [0, 0.1) is 0 Å². The van der Waals surface area contributed by atoms with E-state index in [2.05, 4.69) is 4.98 Å². The number of benzene rings is 1. The van der Waals surface area contributed by atoms with Gasteiger partial charge in [0.05, 0.1) is 30.5 Å². The van der Waals surface area contributed by atoms with Crippen LogP contribution in [0.2, 0.25) is 0 Å². The second-order valence-electron chi connectivity index (χ2n) is 3.88. The predicted octanol–water partition coefficient (Wildman–Crippen LogP) is 2.29. The molecule has 0 aliphatic carbocycles. The molecule has 4 nitrogen and oxygen atoms in total. The molecule has 0 spiro atoms. The Kier molecular flexibility index (Phi) is 3.44. The molecule has 0 radical (unpaired) electrons. The van der Waals surface area contributed by atoms with Crippen molar-refractivity contribution in [3.8, 4) is 11.4 Å². The largest absolute Gasteiger partial charge is 0.492 e. The van der Waals surface area contributed by atoms with Gasteiger partial charge >= 0.3 is 0 Å². The first-order valence-corrected chi connectivity index (χ1v) is 5.74. The van der Waals surface area contributed by atoms with Crippen LogP contribution in [0.3, 0.4) is 0 Å². The monoisotopic (exact) mass is 231 g/mol. The van der Waals surface area contributed by atoms with E-state index in [1.54, 1.807) is 12.5 Å². The number of hydrogen-bond donors (Lipinski definition) is 1. The SMILES string of the molecule is CCOc1ccccc1-n1cncc1C(C)N. The molecule has 1 aromatic carbocycles. The number of aromatic nitrogens is 2. The van der Waals surface area contributed by atoms with Gasteiger partial charge in [-0.25, -0.2) is 4.98 Å². The van der Waals surface area contributed by atoms with E-state index >= 15 is 0 Å². The van der Waals surface area contributed by atoms with Crippen LogP contribution in [0.1, 0.15) is 25.6 Å². The molecule has 2 rings (SSSR count). The average molecular weight is 231 g/mol. The molecule has 2 N–H and O–H groups in total. The minimum atomic E-state index is -0.0628. The molecule has 2 aromatic rings. The number of rotatable bonds is 4. The second kappa shape index (κ2) is 5.01. The molecule has 4 heteroatoms. The molecule has 1 heterocycles. The average Bonchev–Trinajstić information content (AvgIpc) is 2.79. The highest BCUT2D eigenvalue weighted by Gasteiger charge is 2.11. The van der Waals surface area contributed by atoms with Gasteiger partial charge in [0.25, 0.3) is 0 Å². The first kappa shape index (κ1) is 11.7. The van der Waals surface area contributed by atoms with Crippen molar-refractivity contribution in [1.29, 1.82) is 0 Å². The lowest BCUT2D eigenvalue weighted by Gasteiger charge is -2.14. The Labute approximate surface area is 101 Å². The Balaban J connectivity index is 2.48. The summed E-state index contributed by atoms with van der Waals surface area (Å²) in [4.78, 5) is 4.15. The van der Waals surface area contributed by atoms with Crippen LogP contribution >= 0.6 is 0 Å². The van der Waals surface area contributed by atoms with Crippen LogP contribution in [-0.4, -0.2) is 16.2 Å². The van der Waals surface area contributed by atoms with Crippen LogP contribution in [-0.2, 0) is 0 Å². The first-order chi connectivity index (χ1) is 8.24. The molecule has 0 amide bonds. The molecule has 0 saturated carbocycles. The number of para-hydroxylation sites is 2. The number of nitrogens with two attached hydrogens (primary N) is 1. The summed E-state index contributed by atoms with van der Waals surface area (Å²) >= 11 is 0. The third-order valence-corrected chi connectivity index (χ3v) is 2.56. The van der Waals surface area contributed by atoms with Crippen molar-refractivity contribution < 1.29 is 4.74 Å². The zero-order chi connectivity index (χ0) is 12.3. The van der Waals surface area contributed by atoms with E-state index in [-0.39, 0.29) is 6.04 Å². The molecule has 0 saturated heterocycles. The maximum Gasteiger partial charge on any atom is 0.143 e. The molecular formula is C13H17N3O. The van der Waals surface area contributed by atoms with Gasteiger partial charge in [-0.2, -0.15) is 0 Å². The van der Waals surface area contributed by atoms with Gasteiger partial charge in [0, 0.05) is 6.04 Å². The Morgan fingerprint density at radius 3 is 2.88 bits per heavy atom. The minimum Gasteiger partial charge on any atom is -0.492 e. The summed E-state index contributed by atoms with van der Waals surface area (Å²) in [5.74, 6) is 0.843. The second-order valence-corrected chi connectivity index (χ2v) is 3.88. The summed E-state index contributed by atoms with van der Waals surface area (Å²) in [5.41, 5.74) is 7.86. The van der Waals surface area contributed by atoms with E-state index in [1.165, 1.54) is 0 Å². The maximum absolute atomic E-state index is 5.92. The molecule has 0 aliphatic rings. The third kappa shape index (κ3) is 2.31. The number of hydrogen-bond acceptors (Lipinski definition) is 3. The fourth-order valence-electron chi connectivity index (χ4n) is 1.78. The van der Waals surface area contributed by atoms with Crippen molar-refractivity contribution >= 4 is 0 Å². The summed E-state index contributed by atoms with van der Waals surface area (Å²) < 4.78 is 7.57. The van der Waals surface area contributed by atoms with E-state index in [0.29, 0.717) is 6.61 Å². The molecule has 0 fully saturated rings. The predicted molar refractivity (Wildman–Crippen MR) is 67.3 cm³/mol.